The summed E-state index contributed by atoms with van der Waals surface area (Å²) >= 11 is 0. The zero-order valence-electron chi connectivity index (χ0n) is 13.5. The lowest BCUT2D eigenvalue weighted by molar-refractivity contribution is -0.164. The Labute approximate surface area is 126 Å². The van der Waals surface area contributed by atoms with Crippen LogP contribution >= 0.6 is 0 Å². The highest BCUT2D eigenvalue weighted by molar-refractivity contribution is 5.76. The van der Waals surface area contributed by atoms with E-state index in [0.29, 0.717) is 13.1 Å². The number of hydrogen-bond donors (Lipinski definition) is 1. The van der Waals surface area contributed by atoms with Gasteiger partial charge in [0.2, 0.25) is 0 Å². The lowest BCUT2D eigenvalue weighted by atomic mass is 9.56. The van der Waals surface area contributed by atoms with Crippen molar-refractivity contribution in [2.45, 2.75) is 59.0 Å². The molecule has 120 valence electrons. The molecule has 0 aromatic carbocycles. The quantitative estimate of drug-likeness (QED) is 0.850. The third kappa shape index (κ3) is 3.16. The van der Waals surface area contributed by atoms with Crippen molar-refractivity contribution in [1.29, 1.82) is 0 Å². The van der Waals surface area contributed by atoms with Gasteiger partial charge in [-0.15, -0.1) is 0 Å². The van der Waals surface area contributed by atoms with Gasteiger partial charge in [0.25, 0.3) is 0 Å². The van der Waals surface area contributed by atoms with Gasteiger partial charge >= 0.3 is 12.1 Å². The maximum absolute atomic E-state index is 12.1. The van der Waals surface area contributed by atoms with Gasteiger partial charge in [0.15, 0.2) is 0 Å². The minimum Gasteiger partial charge on any atom is -0.481 e. The van der Waals surface area contributed by atoms with E-state index in [0.717, 1.165) is 25.7 Å². The van der Waals surface area contributed by atoms with Gasteiger partial charge < -0.3 is 14.7 Å². The van der Waals surface area contributed by atoms with Crippen LogP contribution in [0.2, 0.25) is 0 Å². The van der Waals surface area contributed by atoms with Gasteiger partial charge in [0.1, 0.15) is 5.60 Å². The number of carboxylic acids is 1. The summed E-state index contributed by atoms with van der Waals surface area (Å²) in [5, 5.41) is 9.58. The molecule has 1 aliphatic carbocycles. The minimum absolute atomic E-state index is 0.169. The number of aliphatic carboxylic acids is 1. The highest BCUT2D eigenvalue weighted by Crippen LogP contribution is 2.52. The van der Waals surface area contributed by atoms with Crippen LogP contribution in [-0.2, 0) is 9.53 Å². The summed E-state index contributed by atoms with van der Waals surface area (Å²) in [6.07, 6.45) is 3.04. The Balaban J connectivity index is 1.99. The number of carboxylic acid groups (broad SMARTS) is 1. The van der Waals surface area contributed by atoms with Crippen molar-refractivity contribution < 1.29 is 19.4 Å². The zero-order valence-corrected chi connectivity index (χ0v) is 13.5. The topological polar surface area (TPSA) is 66.8 Å². The lowest BCUT2D eigenvalue weighted by Gasteiger charge is -2.50. The van der Waals surface area contributed by atoms with E-state index in [2.05, 4.69) is 6.92 Å². The third-order valence-corrected chi connectivity index (χ3v) is 4.94. The van der Waals surface area contributed by atoms with E-state index in [-0.39, 0.29) is 17.9 Å². The molecule has 0 spiro atoms. The number of ether oxygens (including phenoxy) is 1. The molecule has 1 saturated heterocycles. The van der Waals surface area contributed by atoms with E-state index in [1.165, 1.54) is 0 Å². The van der Waals surface area contributed by atoms with Crippen LogP contribution in [0.3, 0.4) is 0 Å². The van der Waals surface area contributed by atoms with Gasteiger partial charge in [0.05, 0.1) is 5.41 Å². The van der Waals surface area contributed by atoms with Gasteiger partial charge in [-0.25, -0.2) is 4.79 Å². The number of piperidine rings is 1. The van der Waals surface area contributed by atoms with Crippen molar-refractivity contribution in [3.63, 3.8) is 0 Å². The van der Waals surface area contributed by atoms with Crippen LogP contribution in [0.5, 0.6) is 0 Å². The Bertz CT molecular complexity index is 422. The second-order valence-electron chi connectivity index (χ2n) is 7.61. The summed E-state index contributed by atoms with van der Waals surface area (Å²) in [6, 6.07) is 0. The average molecular weight is 297 g/mol. The molecule has 2 unspecified atom stereocenters. The number of nitrogens with zero attached hydrogens (tertiary/aromatic N) is 1. The van der Waals surface area contributed by atoms with Gasteiger partial charge in [-0.05, 0) is 51.9 Å². The highest BCUT2D eigenvalue weighted by Gasteiger charge is 2.53. The van der Waals surface area contributed by atoms with E-state index >= 15 is 0 Å². The van der Waals surface area contributed by atoms with Crippen LogP contribution in [-0.4, -0.2) is 40.8 Å². The Morgan fingerprint density at radius 2 is 1.90 bits per heavy atom. The van der Waals surface area contributed by atoms with Crippen LogP contribution in [0.25, 0.3) is 0 Å². The molecule has 1 saturated carbocycles. The summed E-state index contributed by atoms with van der Waals surface area (Å²) in [4.78, 5) is 25.5. The second kappa shape index (κ2) is 5.50. The van der Waals surface area contributed by atoms with E-state index in [1.54, 1.807) is 4.90 Å². The highest BCUT2D eigenvalue weighted by atomic mass is 16.6. The molecule has 1 amide bonds. The molecule has 0 radical (unpaired) electrons. The summed E-state index contributed by atoms with van der Waals surface area (Å²) in [5.41, 5.74) is -1.03. The molecule has 0 aromatic heterocycles. The van der Waals surface area contributed by atoms with Crippen LogP contribution in [0.1, 0.15) is 53.4 Å². The minimum atomic E-state index is -0.656. The van der Waals surface area contributed by atoms with Crippen LogP contribution in [0.15, 0.2) is 0 Å². The summed E-state index contributed by atoms with van der Waals surface area (Å²) in [5.74, 6) is -0.290. The van der Waals surface area contributed by atoms with Crippen molar-refractivity contribution in [3.8, 4) is 0 Å². The Morgan fingerprint density at radius 3 is 2.29 bits per heavy atom. The average Bonchev–Trinajstić information content (AvgIpc) is 2.26. The smallest absolute Gasteiger partial charge is 0.410 e. The molecule has 0 bridgehead atoms. The predicted molar refractivity (Wildman–Crippen MR) is 79.0 cm³/mol. The van der Waals surface area contributed by atoms with E-state index in [4.69, 9.17) is 4.74 Å². The molecule has 0 aromatic rings. The second-order valence-corrected chi connectivity index (χ2v) is 7.61. The molecule has 21 heavy (non-hydrogen) atoms. The number of rotatable bonds is 2. The maximum Gasteiger partial charge on any atom is 0.410 e. The SMILES string of the molecule is CC1CN(C(=O)OC(C)(C)C)CCC1C1(C(=O)O)CCC1. The van der Waals surface area contributed by atoms with Crippen LogP contribution < -0.4 is 0 Å². The number of amides is 1. The molecule has 5 heteroatoms. The molecular weight excluding hydrogens is 270 g/mol. The summed E-state index contributed by atoms with van der Waals surface area (Å²) in [7, 11) is 0. The molecule has 1 heterocycles. The summed E-state index contributed by atoms with van der Waals surface area (Å²) < 4.78 is 5.40. The molecule has 1 N–H and O–H groups in total. The first kappa shape index (κ1) is 16.1. The monoisotopic (exact) mass is 297 g/mol. The van der Waals surface area contributed by atoms with Gasteiger partial charge in [0, 0.05) is 13.1 Å². The molecule has 1 aliphatic heterocycles. The van der Waals surface area contributed by atoms with Crippen molar-refractivity contribution >= 4 is 12.1 Å². The van der Waals surface area contributed by atoms with E-state index in [9.17, 15) is 14.7 Å². The molecule has 5 nitrogen and oxygen atoms in total. The first-order valence-corrected chi connectivity index (χ1v) is 7.87. The largest absolute Gasteiger partial charge is 0.481 e. The van der Waals surface area contributed by atoms with Crippen LogP contribution in [0, 0.1) is 17.3 Å². The molecule has 2 aliphatic rings. The number of likely N-dealkylation sites (tertiary alicyclic amines) is 1. The standard InChI is InChI=1S/C16H27NO4/c1-11-10-17(14(20)21-15(2,3)4)9-6-12(11)16(13(18)19)7-5-8-16/h11-12H,5-10H2,1-4H3,(H,18,19). The van der Waals surface area contributed by atoms with Crippen LogP contribution in [0.4, 0.5) is 4.79 Å². The molecule has 2 rings (SSSR count). The molecule has 2 fully saturated rings. The normalized spacial score (nSPS) is 28.7. The van der Waals surface area contributed by atoms with Crippen molar-refractivity contribution in [3.05, 3.63) is 0 Å². The first-order valence-electron chi connectivity index (χ1n) is 7.87. The van der Waals surface area contributed by atoms with Crippen molar-refractivity contribution in [2.24, 2.45) is 17.3 Å². The maximum atomic E-state index is 12.1. The van der Waals surface area contributed by atoms with Gasteiger partial charge in [-0.2, -0.15) is 0 Å². The molecular formula is C16H27NO4. The van der Waals surface area contributed by atoms with Gasteiger partial charge in [-0.3, -0.25) is 4.79 Å². The number of carbonyl (C=O) groups is 2. The fourth-order valence-corrected chi connectivity index (χ4v) is 3.76. The fraction of sp³-hybridized carbons (Fsp3) is 0.875. The van der Waals surface area contributed by atoms with Gasteiger partial charge in [-0.1, -0.05) is 13.3 Å². The molecule has 2 atom stereocenters. The zero-order chi connectivity index (χ0) is 15.8. The van der Waals surface area contributed by atoms with Crippen molar-refractivity contribution in [2.75, 3.05) is 13.1 Å². The number of carbonyl (C=O) groups excluding carboxylic acids is 1. The Hall–Kier alpha value is -1.26. The van der Waals surface area contributed by atoms with E-state index < -0.39 is 17.0 Å². The summed E-state index contributed by atoms with van der Waals surface area (Å²) in [6.45, 7) is 8.82. The van der Waals surface area contributed by atoms with E-state index in [1.807, 2.05) is 20.8 Å². The number of hydrogen-bond acceptors (Lipinski definition) is 3. The predicted octanol–water partition coefficient (Wildman–Crippen LogP) is 3.13. The Morgan fingerprint density at radius 1 is 1.29 bits per heavy atom. The Kier molecular flexibility index (Phi) is 4.22. The third-order valence-electron chi connectivity index (χ3n) is 4.94. The fourth-order valence-electron chi connectivity index (χ4n) is 3.76. The lowest BCUT2D eigenvalue weighted by Crippen LogP contribution is -2.54. The first-order chi connectivity index (χ1) is 9.66. The van der Waals surface area contributed by atoms with Crippen molar-refractivity contribution in [1.82, 2.24) is 4.90 Å².